The summed E-state index contributed by atoms with van der Waals surface area (Å²) in [6.07, 6.45) is 1.45. The molecule has 0 aliphatic heterocycles. The molecule has 10 heteroatoms. The molecular formula is C10H12N8OS. The van der Waals surface area contributed by atoms with Crippen molar-refractivity contribution in [3.8, 4) is 0 Å². The quantitative estimate of drug-likeness (QED) is 0.535. The first-order chi connectivity index (χ1) is 9.75. The van der Waals surface area contributed by atoms with Gasteiger partial charge in [0.15, 0.2) is 0 Å². The molecule has 3 aromatic rings. The van der Waals surface area contributed by atoms with Gasteiger partial charge in [0.1, 0.15) is 17.5 Å². The summed E-state index contributed by atoms with van der Waals surface area (Å²) >= 11 is 1.57. The second kappa shape index (κ2) is 5.41. The van der Waals surface area contributed by atoms with Crippen molar-refractivity contribution in [3.05, 3.63) is 12.0 Å². The molecule has 0 saturated heterocycles. The van der Waals surface area contributed by atoms with E-state index >= 15 is 0 Å². The number of fused-ring (bicyclic) bond motifs is 1. The number of aromatic nitrogens is 7. The van der Waals surface area contributed by atoms with E-state index in [-0.39, 0.29) is 0 Å². The number of nitrogens with one attached hydrogen (secondary N) is 1. The molecule has 0 bridgehead atoms. The maximum atomic E-state index is 5.09. The molecule has 0 saturated carbocycles. The first-order valence-corrected chi connectivity index (χ1v) is 6.90. The highest BCUT2D eigenvalue weighted by Gasteiger charge is 2.11. The number of hydrogen-bond acceptors (Lipinski definition) is 9. The second-order valence-electron chi connectivity index (χ2n) is 4.03. The Kier molecular flexibility index (Phi) is 3.46. The van der Waals surface area contributed by atoms with Crippen LogP contribution in [0.1, 0.15) is 5.69 Å². The van der Waals surface area contributed by atoms with Gasteiger partial charge in [-0.1, -0.05) is 16.9 Å². The standard InChI is InChI=1S/C10H12N8OS/c1-6-7-8(12-5-13-9(7)19-15-6)11-3-4-20-10-14-16-17-18(10)2/h5H,3-4H2,1-2H3,(H,11,12,13). The first kappa shape index (κ1) is 12.8. The molecule has 9 nitrogen and oxygen atoms in total. The van der Waals surface area contributed by atoms with Crippen LogP contribution in [0.4, 0.5) is 5.82 Å². The monoisotopic (exact) mass is 292 g/mol. The third-order valence-electron chi connectivity index (χ3n) is 2.65. The maximum absolute atomic E-state index is 5.09. The molecule has 0 aromatic carbocycles. The Bertz CT molecular complexity index is 723. The molecule has 0 amide bonds. The van der Waals surface area contributed by atoms with Crippen LogP contribution in [-0.2, 0) is 7.05 Å². The van der Waals surface area contributed by atoms with Gasteiger partial charge in [-0.3, -0.25) is 0 Å². The molecule has 0 atom stereocenters. The lowest BCUT2D eigenvalue weighted by atomic mass is 10.3. The van der Waals surface area contributed by atoms with Gasteiger partial charge in [0, 0.05) is 19.3 Å². The summed E-state index contributed by atoms with van der Waals surface area (Å²) in [4.78, 5) is 8.24. The van der Waals surface area contributed by atoms with Crippen LogP contribution in [-0.4, -0.2) is 47.6 Å². The van der Waals surface area contributed by atoms with Crippen LogP contribution in [0.5, 0.6) is 0 Å². The molecule has 0 fully saturated rings. The fourth-order valence-electron chi connectivity index (χ4n) is 1.71. The molecule has 104 valence electrons. The third kappa shape index (κ3) is 2.41. The summed E-state index contributed by atoms with van der Waals surface area (Å²) in [5.41, 5.74) is 1.26. The first-order valence-electron chi connectivity index (χ1n) is 5.91. The number of thioether (sulfide) groups is 1. The van der Waals surface area contributed by atoms with E-state index in [1.807, 2.05) is 14.0 Å². The SMILES string of the molecule is Cc1noc2ncnc(NCCSc3nnnn3C)c12. The Morgan fingerprint density at radius 2 is 2.30 bits per heavy atom. The lowest BCUT2D eigenvalue weighted by molar-refractivity contribution is 0.442. The Balaban J connectivity index is 1.63. The second-order valence-corrected chi connectivity index (χ2v) is 5.09. The number of rotatable bonds is 5. The van der Waals surface area contributed by atoms with Crippen molar-refractivity contribution in [1.29, 1.82) is 0 Å². The van der Waals surface area contributed by atoms with Crippen molar-refractivity contribution in [3.63, 3.8) is 0 Å². The highest BCUT2D eigenvalue weighted by Crippen LogP contribution is 2.22. The van der Waals surface area contributed by atoms with Crippen molar-refractivity contribution >= 4 is 28.7 Å². The summed E-state index contributed by atoms with van der Waals surface area (Å²) in [7, 11) is 1.81. The highest BCUT2D eigenvalue weighted by molar-refractivity contribution is 7.99. The molecule has 0 unspecified atom stereocenters. The zero-order valence-corrected chi connectivity index (χ0v) is 11.8. The largest absolute Gasteiger partial charge is 0.368 e. The summed E-state index contributed by atoms with van der Waals surface area (Å²) in [6, 6.07) is 0. The van der Waals surface area contributed by atoms with Crippen molar-refractivity contribution in [2.75, 3.05) is 17.6 Å². The van der Waals surface area contributed by atoms with Gasteiger partial charge in [0.2, 0.25) is 5.16 Å². The molecule has 3 rings (SSSR count). The van der Waals surface area contributed by atoms with Gasteiger partial charge >= 0.3 is 0 Å². The van der Waals surface area contributed by atoms with Crippen LogP contribution in [0, 0.1) is 6.92 Å². The van der Waals surface area contributed by atoms with E-state index in [2.05, 4.69) is 36.0 Å². The predicted molar refractivity (Wildman–Crippen MR) is 72.3 cm³/mol. The summed E-state index contributed by atoms with van der Waals surface area (Å²) in [5.74, 6) is 1.54. The van der Waals surface area contributed by atoms with Gasteiger partial charge in [-0.2, -0.15) is 4.98 Å². The fraction of sp³-hybridized carbons (Fsp3) is 0.400. The minimum absolute atomic E-state index is 0.491. The van der Waals surface area contributed by atoms with Gasteiger partial charge < -0.3 is 9.84 Å². The number of nitrogens with zero attached hydrogens (tertiary/aromatic N) is 7. The molecule has 20 heavy (non-hydrogen) atoms. The Morgan fingerprint density at radius 3 is 3.10 bits per heavy atom. The lowest BCUT2D eigenvalue weighted by Crippen LogP contribution is -2.07. The van der Waals surface area contributed by atoms with E-state index < -0.39 is 0 Å². The average Bonchev–Trinajstić information content (AvgIpc) is 3.02. The molecular weight excluding hydrogens is 280 g/mol. The van der Waals surface area contributed by atoms with E-state index in [1.54, 1.807) is 16.4 Å². The molecule has 3 heterocycles. The van der Waals surface area contributed by atoms with Gasteiger partial charge in [-0.15, -0.1) is 5.10 Å². The van der Waals surface area contributed by atoms with E-state index in [0.717, 1.165) is 27.8 Å². The molecule has 0 aliphatic rings. The van der Waals surface area contributed by atoms with E-state index in [1.165, 1.54) is 6.33 Å². The van der Waals surface area contributed by atoms with Crippen LogP contribution in [0.2, 0.25) is 0 Å². The molecule has 0 radical (unpaired) electrons. The minimum Gasteiger partial charge on any atom is -0.368 e. The minimum atomic E-state index is 0.491. The number of hydrogen-bond donors (Lipinski definition) is 1. The van der Waals surface area contributed by atoms with Crippen LogP contribution in [0.15, 0.2) is 16.0 Å². The zero-order valence-electron chi connectivity index (χ0n) is 10.9. The van der Waals surface area contributed by atoms with Crippen LogP contribution in [0.25, 0.3) is 11.1 Å². The normalized spacial score (nSPS) is 11.1. The van der Waals surface area contributed by atoms with Crippen molar-refractivity contribution in [2.45, 2.75) is 12.1 Å². The van der Waals surface area contributed by atoms with Crippen LogP contribution >= 0.6 is 11.8 Å². The van der Waals surface area contributed by atoms with Crippen LogP contribution in [0.3, 0.4) is 0 Å². The molecule has 0 aliphatic carbocycles. The van der Waals surface area contributed by atoms with Gasteiger partial charge in [-0.05, 0) is 17.4 Å². The van der Waals surface area contributed by atoms with Gasteiger partial charge in [0.25, 0.3) is 5.71 Å². The van der Waals surface area contributed by atoms with E-state index in [4.69, 9.17) is 4.52 Å². The highest BCUT2D eigenvalue weighted by atomic mass is 32.2. The van der Waals surface area contributed by atoms with E-state index in [0.29, 0.717) is 12.3 Å². The van der Waals surface area contributed by atoms with Crippen molar-refractivity contribution in [1.82, 2.24) is 35.3 Å². The molecule has 0 spiro atoms. The van der Waals surface area contributed by atoms with Gasteiger partial charge in [0.05, 0.1) is 5.69 Å². The maximum Gasteiger partial charge on any atom is 0.263 e. The fourth-order valence-corrected chi connectivity index (χ4v) is 2.42. The lowest BCUT2D eigenvalue weighted by Gasteiger charge is -2.05. The van der Waals surface area contributed by atoms with E-state index in [9.17, 15) is 0 Å². The molecule has 3 aromatic heterocycles. The summed E-state index contributed by atoms with van der Waals surface area (Å²) < 4.78 is 6.73. The predicted octanol–water partition coefficient (Wildman–Crippen LogP) is 0.654. The average molecular weight is 292 g/mol. The Morgan fingerprint density at radius 1 is 1.40 bits per heavy atom. The Labute approximate surface area is 118 Å². The summed E-state index contributed by atoms with van der Waals surface area (Å²) in [5, 5.41) is 20.0. The number of tetrazole rings is 1. The number of aryl methyl sites for hydroxylation is 2. The smallest absolute Gasteiger partial charge is 0.263 e. The van der Waals surface area contributed by atoms with Gasteiger partial charge in [-0.25, -0.2) is 9.67 Å². The zero-order chi connectivity index (χ0) is 13.9. The number of anilines is 1. The molecule has 1 N–H and O–H groups in total. The van der Waals surface area contributed by atoms with Crippen molar-refractivity contribution < 1.29 is 4.52 Å². The topological polar surface area (TPSA) is 107 Å². The third-order valence-corrected chi connectivity index (χ3v) is 3.66. The van der Waals surface area contributed by atoms with Crippen LogP contribution < -0.4 is 5.32 Å². The summed E-state index contributed by atoms with van der Waals surface area (Å²) in [6.45, 7) is 2.58. The Hall–Kier alpha value is -2.23. The van der Waals surface area contributed by atoms with Crippen molar-refractivity contribution in [2.24, 2.45) is 7.05 Å².